The number of nitrogens with one attached hydrogen (secondary N) is 1. The third kappa shape index (κ3) is 2.77. The third-order valence-corrected chi connectivity index (χ3v) is 2.55. The van der Waals surface area contributed by atoms with Gasteiger partial charge in [-0.25, -0.2) is 10.5 Å². The van der Waals surface area contributed by atoms with Crippen molar-refractivity contribution in [2.45, 2.75) is 20.0 Å². The van der Waals surface area contributed by atoms with Crippen LogP contribution in [-0.2, 0) is 13.1 Å². The Bertz CT molecular complexity index is 645. The van der Waals surface area contributed by atoms with Crippen molar-refractivity contribution in [1.82, 2.24) is 30.2 Å². The van der Waals surface area contributed by atoms with E-state index >= 15 is 0 Å². The highest BCUT2D eigenvalue weighted by Gasteiger charge is 2.17. The van der Waals surface area contributed by atoms with Gasteiger partial charge in [0, 0.05) is 0 Å². The molecule has 2 aromatic heterocycles. The molecular weight excluding hydrogens is 268 g/mol. The van der Waals surface area contributed by atoms with Crippen LogP contribution in [0, 0.1) is 17.0 Å². The van der Waals surface area contributed by atoms with Crippen LogP contribution in [0.2, 0.25) is 0 Å². The van der Waals surface area contributed by atoms with E-state index in [2.05, 4.69) is 15.4 Å². The van der Waals surface area contributed by atoms with Crippen molar-refractivity contribution < 1.29 is 9.72 Å². The molecule has 0 saturated carbocycles. The first-order chi connectivity index (χ1) is 9.51. The number of aryl methyl sites for hydroxylation is 3. The van der Waals surface area contributed by atoms with E-state index in [0.717, 1.165) is 0 Å². The van der Waals surface area contributed by atoms with E-state index in [1.807, 2.05) is 5.43 Å². The smallest absolute Gasteiger partial charge is 0.358 e. The molecule has 0 aromatic carbocycles. The Morgan fingerprint density at radius 1 is 1.45 bits per heavy atom. The lowest BCUT2D eigenvalue weighted by Crippen LogP contribution is -2.30. The fourth-order valence-electron chi connectivity index (χ4n) is 1.60. The van der Waals surface area contributed by atoms with Gasteiger partial charge in [0.05, 0.1) is 36.1 Å². The summed E-state index contributed by atoms with van der Waals surface area (Å²) in [5.41, 5.74) is 2.52. The first-order valence-electron chi connectivity index (χ1n) is 5.60. The maximum Gasteiger partial charge on any atom is 0.392 e. The lowest BCUT2D eigenvalue weighted by Gasteiger charge is -1.97. The maximum atomic E-state index is 11.2. The molecule has 0 aliphatic rings. The normalized spacial score (nSPS) is 10.5. The summed E-state index contributed by atoms with van der Waals surface area (Å²) in [4.78, 5) is 21.3. The summed E-state index contributed by atoms with van der Waals surface area (Å²) in [5.74, 6) is 4.26. The zero-order valence-corrected chi connectivity index (χ0v) is 10.6. The van der Waals surface area contributed by atoms with E-state index in [1.165, 1.54) is 15.6 Å². The lowest BCUT2D eigenvalue weighted by molar-refractivity contribution is -0.390. The van der Waals surface area contributed by atoms with Crippen LogP contribution in [0.4, 0.5) is 5.82 Å². The van der Waals surface area contributed by atoms with Gasteiger partial charge in [-0.15, -0.1) is 5.10 Å². The molecule has 2 rings (SSSR count). The van der Waals surface area contributed by atoms with Gasteiger partial charge >= 0.3 is 5.82 Å². The third-order valence-electron chi connectivity index (χ3n) is 2.55. The number of aromatic nitrogens is 5. The van der Waals surface area contributed by atoms with Gasteiger partial charge < -0.3 is 10.1 Å². The van der Waals surface area contributed by atoms with Gasteiger partial charge in [-0.05, 0) is 11.8 Å². The van der Waals surface area contributed by atoms with Crippen molar-refractivity contribution in [3.05, 3.63) is 33.8 Å². The van der Waals surface area contributed by atoms with Crippen molar-refractivity contribution in [3.63, 3.8) is 0 Å². The van der Waals surface area contributed by atoms with Gasteiger partial charge in [0.25, 0.3) is 5.91 Å². The van der Waals surface area contributed by atoms with Gasteiger partial charge in [-0.3, -0.25) is 10.2 Å². The summed E-state index contributed by atoms with van der Waals surface area (Å²) in [6.07, 6.45) is 3.00. The highest BCUT2D eigenvalue weighted by atomic mass is 16.6. The topological polar surface area (TPSA) is 147 Å². The summed E-state index contributed by atoms with van der Waals surface area (Å²) in [6.45, 7) is 2.34. The van der Waals surface area contributed by atoms with Gasteiger partial charge in [-0.2, -0.15) is 4.68 Å². The molecule has 0 saturated heterocycles. The highest BCUT2D eigenvalue weighted by Crippen LogP contribution is 2.13. The zero-order valence-electron chi connectivity index (χ0n) is 10.6. The van der Waals surface area contributed by atoms with Crippen molar-refractivity contribution in [3.8, 4) is 0 Å². The number of amides is 1. The van der Waals surface area contributed by atoms with Crippen LogP contribution in [0.5, 0.6) is 0 Å². The standard InChI is InChI=1S/C9H12N8O3/c1-6-4-15(13-8(6)17(19)20)2-3-16-5-7(12-14-16)9(18)11-10/h4-5H,2-3,10H2,1H3,(H,11,18). The maximum absolute atomic E-state index is 11.2. The summed E-state index contributed by atoms with van der Waals surface area (Å²) >= 11 is 0. The first kappa shape index (κ1) is 13.6. The van der Waals surface area contributed by atoms with E-state index < -0.39 is 10.8 Å². The number of rotatable bonds is 5. The Labute approximate surface area is 112 Å². The molecule has 106 valence electrons. The van der Waals surface area contributed by atoms with Gasteiger partial charge in [0.2, 0.25) is 0 Å². The number of nitrogens with two attached hydrogens (primary N) is 1. The molecule has 0 radical (unpaired) electrons. The van der Waals surface area contributed by atoms with E-state index in [9.17, 15) is 14.9 Å². The monoisotopic (exact) mass is 280 g/mol. The molecule has 2 aromatic rings. The number of nitro groups is 1. The fourth-order valence-corrected chi connectivity index (χ4v) is 1.60. The second-order valence-corrected chi connectivity index (χ2v) is 4.00. The second kappa shape index (κ2) is 5.44. The Morgan fingerprint density at radius 2 is 2.15 bits per heavy atom. The van der Waals surface area contributed by atoms with Crippen LogP contribution >= 0.6 is 0 Å². The van der Waals surface area contributed by atoms with E-state index in [1.54, 1.807) is 13.1 Å². The van der Waals surface area contributed by atoms with E-state index in [0.29, 0.717) is 18.7 Å². The average Bonchev–Trinajstić information content (AvgIpc) is 3.02. The molecular formula is C9H12N8O3. The Morgan fingerprint density at radius 3 is 2.75 bits per heavy atom. The van der Waals surface area contributed by atoms with Crippen LogP contribution in [-0.4, -0.2) is 35.6 Å². The number of nitrogens with zero attached hydrogens (tertiary/aromatic N) is 6. The molecule has 0 fully saturated rings. The minimum absolute atomic E-state index is 0.0927. The Kier molecular flexibility index (Phi) is 3.70. The molecule has 11 nitrogen and oxygen atoms in total. The van der Waals surface area contributed by atoms with Crippen molar-refractivity contribution in [1.29, 1.82) is 0 Å². The number of hydrogen-bond donors (Lipinski definition) is 2. The minimum Gasteiger partial charge on any atom is -0.358 e. The van der Waals surface area contributed by atoms with Crippen molar-refractivity contribution in [2.75, 3.05) is 0 Å². The molecule has 1 amide bonds. The SMILES string of the molecule is Cc1cn(CCn2cc(C(=O)NN)nn2)nc1[N+](=O)[O-]. The quantitative estimate of drug-likeness (QED) is 0.309. The molecule has 3 N–H and O–H groups in total. The molecule has 0 spiro atoms. The zero-order chi connectivity index (χ0) is 14.7. The highest BCUT2D eigenvalue weighted by molar-refractivity contribution is 5.91. The van der Waals surface area contributed by atoms with E-state index in [4.69, 9.17) is 5.84 Å². The van der Waals surface area contributed by atoms with Crippen LogP contribution in [0.3, 0.4) is 0 Å². The number of nitrogen functional groups attached to an aromatic ring is 1. The summed E-state index contributed by atoms with van der Waals surface area (Å²) in [5, 5.41) is 21.9. The molecule has 20 heavy (non-hydrogen) atoms. The summed E-state index contributed by atoms with van der Waals surface area (Å²) in [6, 6.07) is 0. The van der Waals surface area contributed by atoms with Crippen LogP contribution in [0.25, 0.3) is 0 Å². The molecule has 0 atom stereocenters. The number of hydrazine groups is 1. The first-order valence-corrected chi connectivity index (χ1v) is 5.60. The number of hydrogen-bond acceptors (Lipinski definition) is 7. The van der Waals surface area contributed by atoms with Crippen molar-refractivity contribution in [2.24, 2.45) is 5.84 Å². The predicted molar refractivity (Wildman–Crippen MR) is 65.3 cm³/mol. The summed E-state index contributed by atoms with van der Waals surface area (Å²) in [7, 11) is 0. The predicted octanol–water partition coefficient (Wildman–Crippen LogP) is -1.01. The van der Waals surface area contributed by atoms with Gasteiger partial charge in [0.1, 0.15) is 0 Å². The molecule has 2 heterocycles. The minimum atomic E-state index is -0.540. The lowest BCUT2D eigenvalue weighted by atomic mass is 10.4. The van der Waals surface area contributed by atoms with Crippen LogP contribution in [0.15, 0.2) is 12.4 Å². The van der Waals surface area contributed by atoms with Gasteiger partial charge in [0.15, 0.2) is 5.69 Å². The molecule has 0 aliphatic carbocycles. The number of carbonyl (C=O) groups excluding carboxylic acids is 1. The van der Waals surface area contributed by atoms with Crippen LogP contribution < -0.4 is 11.3 Å². The van der Waals surface area contributed by atoms with Crippen molar-refractivity contribution >= 4 is 11.7 Å². The largest absolute Gasteiger partial charge is 0.392 e. The Hall–Kier alpha value is -2.82. The van der Waals surface area contributed by atoms with E-state index in [-0.39, 0.29) is 11.5 Å². The second-order valence-electron chi connectivity index (χ2n) is 4.00. The van der Waals surface area contributed by atoms with Gasteiger partial charge in [-0.1, -0.05) is 5.21 Å². The van der Waals surface area contributed by atoms with Crippen LogP contribution in [0.1, 0.15) is 16.1 Å². The average molecular weight is 280 g/mol. The summed E-state index contributed by atoms with van der Waals surface area (Å²) < 4.78 is 2.87. The molecule has 0 bridgehead atoms. The molecule has 0 aliphatic heterocycles. The molecule has 11 heteroatoms. The molecule has 0 unspecified atom stereocenters. The Balaban J connectivity index is 2.02. The number of carbonyl (C=O) groups is 1. The fraction of sp³-hybridized carbons (Fsp3) is 0.333.